The third-order valence-electron chi connectivity index (χ3n) is 4.78. The third-order valence-corrected chi connectivity index (χ3v) is 4.78. The molecule has 1 fully saturated rings. The highest BCUT2D eigenvalue weighted by molar-refractivity contribution is 5.96. The van der Waals surface area contributed by atoms with E-state index in [0.29, 0.717) is 13.0 Å². The largest absolute Gasteiger partial charge is 0.347 e. The molecule has 5 nitrogen and oxygen atoms in total. The van der Waals surface area contributed by atoms with Gasteiger partial charge in [-0.15, -0.1) is 0 Å². The average Bonchev–Trinajstić information content (AvgIpc) is 2.97. The minimum absolute atomic E-state index is 0.0990. The highest BCUT2D eigenvalue weighted by atomic mass is 16.2. The number of hydrogen-bond donors (Lipinski definition) is 1. The molecule has 1 saturated heterocycles. The van der Waals surface area contributed by atoms with E-state index in [9.17, 15) is 9.59 Å². The van der Waals surface area contributed by atoms with Gasteiger partial charge in [-0.2, -0.15) is 0 Å². The zero-order valence-electron chi connectivity index (χ0n) is 15.0. The Morgan fingerprint density at radius 2 is 2.00 bits per heavy atom. The molecule has 1 aliphatic rings. The van der Waals surface area contributed by atoms with Gasteiger partial charge in [0.1, 0.15) is 0 Å². The highest BCUT2D eigenvalue weighted by Gasteiger charge is 2.18. The molecule has 1 N–H and O–H groups in total. The summed E-state index contributed by atoms with van der Waals surface area (Å²) in [6.07, 6.45) is 7.90. The van der Waals surface area contributed by atoms with Crippen LogP contribution in [0.15, 0.2) is 30.5 Å². The molecule has 2 heterocycles. The second kappa shape index (κ2) is 8.19. The highest BCUT2D eigenvalue weighted by Crippen LogP contribution is 2.21. The number of benzene rings is 1. The molecule has 5 heteroatoms. The van der Waals surface area contributed by atoms with Gasteiger partial charge in [0, 0.05) is 42.3 Å². The Kier molecular flexibility index (Phi) is 5.74. The number of aromatic nitrogens is 1. The Balaban J connectivity index is 1.63. The molecule has 2 aromatic rings. The van der Waals surface area contributed by atoms with Gasteiger partial charge in [-0.3, -0.25) is 9.59 Å². The van der Waals surface area contributed by atoms with Crippen LogP contribution in [0, 0.1) is 0 Å². The molecule has 134 valence electrons. The fourth-order valence-corrected chi connectivity index (χ4v) is 3.47. The summed E-state index contributed by atoms with van der Waals surface area (Å²) >= 11 is 0. The summed E-state index contributed by atoms with van der Waals surface area (Å²) in [5, 5.41) is 4.06. The smallest absolute Gasteiger partial charge is 0.243 e. The molecule has 25 heavy (non-hydrogen) atoms. The number of fused-ring (bicyclic) bond motifs is 1. The summed E-state index contributed by atoms with van der Waals surface area (Å²) in [6, 6.07) is 8.04. The second-order valence-corrected chi connectivity index (χ2v) is 6.81. The molecule has 1 aromatic carbocycles. The summed E-state index contributed by atoms with van der Waals surface area (Å²) in [6.45, 7) is 3.98. The van der Waals surface area contributed by atoms with Crippen molar-refractivity contribution < 1.29 is 9.59 Å². The maximum absolute atomic E-state index is 12.4. The third kappa shape index (κ3) is 4.41. The number of carbonyl (C=O) groups is 2. The van der Waals surface area contributed by atoms with Crippen LogP contribution >= 0.6 is 0 Å². The van der Waals surface area contributed by atoms with Gasteiger partial charge in [-0.05, 0) is 43.5 Å². The molecular weight excluding hydrogens is 314 g/mol. The van der Waals surface area contributed by atoms with Crippen molar-refractivity contribution in [1.82, 2.24) is 9.47 Å². The lowest BCUT2D eigenvalue weighted by molar-refractivity contribution is -0.135. The second-order valence-electron chi connectivity index (χ2n) is 6.81. The van der Waals surface area contributed by atoms with E-state index in [1.165, 1.54) is 5.52 Å². The van der Waals surface area contributed by atoms with Crippen LogP contribution in [0.5, 0.6) is 0 Å². The first kappa shape index (κ1) is 17.5. The molecule has 0 bridgehead atoms. The first-order valence-corrected chi connectivity index (χ1v) is 9.34. The van der Waals surface area contributed by atoms with Crippen molar-refractivity contribution in [2.45, 2.75) is 52.0 Å². The van der Waals surface area contributed by atoms with Crippen molar-refractivity contribution in [3.8, 4) is 0 Å². The van der Waals surface area contributed by atoms with E-state index >= 15 is 0 Å². The average molecular weight is 341 g/mol. The normalized spacial score (nSPS) is 15.9. The van der Waals surface area contributed by atoms with Gasteiger partial charge in [0.2, 0.25) is 11.8 Å². The van der Waals surface area contributed by atoms with Gasteiger partial charge in [-0.25, -0.2) is 0 Å². The number of amides is 2. The van der Waals surface area contributed by atoms with Crippen molar-refractivity contribution >= 4 is 28.4 Å². The molecule has 0 unspecified atom stereocenters. The number of nitrogens with one attached hydrogen (secondary N) is 1. The van der Waals surface area contributed by atoms with E-state index in [-0.39, 0.29) is 18.4 Å². The zero-order chi connectivity index (χ0) is 17.6. The predicted molar refractivity (Wildman–Crippen MR) is 101 cm³/mol. The van der Waals surface area contributed by atoms with E-state index in [4.69, 9.17) is 0 Å². The minimum atomic E-state index is -0.124. The van der Waals surface area contributed by atoms with Crippen molar-refractivity contribution in [2.24, 2.45) is 0 Å². The Morgan fingerprint density at radius 3 is 2.84 bits per heavy atom. The van der Waals surface area contributed by atoms with E-state index in [1.807, 2.05) is 18.2 Å². The first-order chi connectivity index (χ1) is 12.2. The first-order valence-electron chi connectivity index (χ1n) is 9.34. The lowest BCUT2D eigenvalue weighted by Gasteiger charge is -2.24. The molecule has 0 saturated carbocycles. The topological polar surface area (TPSA) is 54.3 Å². The number of hydrogen-bond acceptors (Lipinski definition) is 2. The number of anilines is 1. The van der Waals surface area contributed by atoms with Crippen LogP contribution in [-0.4, -0.2) is 34.4 Å². The van der Waals surface area contributed by atoms with Crippen molar-refractivity contribution in [3.63, 3.8) is 0 Å². The van der Waals surface area contributed by atoms with E-state index in [1.54, 1.807) is 4.90 Å². The van der Waals surface area contributed by atoms with Gasteiger partial charge in [0.25, 0.3) is 0 Å². The number of likely N-dealkylation sites (tertiary alicyclic amines) is 1. The molecule has 0 radical (unpaired) electrons. The standard InChI is InChI=1S/C20H27N3O2/c1-2-11-22-13-10-16-14-17(8-9-18(16)22)21-19(24)15-23-12-6-4-3-5-7-20(23)25/h8-10,13-14H,2-7,11-12,15H2,1H3,(H,21,24). The Bertz CT molecular complexity index is 750. The molecule has 1 aliphatic heterocycles. The fraction of sp³-hybridized carbons (Fsp3) is 0.500. The molecule has 2 amide bonds. The number of aryl methyl sites for hydroxylation is 1. The van der Waals surface area contributed by atoms with Gasteiger partial charge >= 0.3 is 0 Å². The Labute approximate surface area is 149 Å². The number of rotatable bonds is 5. The summed E-state index contributed by atoms with van der Waals surface area (Å²) < 4.78 is 2.22. The molecule has 0 atom stereocenters. The number of nitrogens with zero attached hydrogens (tertiary/aromatic N) is 2. The van der Waals surface area contributed by atoms with E-state index < -0.39 is 0 Å². The van der Waals surface area contributed by atoms with Crippen LogP contribution in [-0.2, 0) is 16.1 Å². The van der Waals surface area contributed by atoms with Crippen LogP contribution in [0.2, 0.25) is 0 Å². The SMILES string of the molecule is CCCn1ccc2cc(NC(=O)CN3CCCCCCC3=O)ccc21. The molecular formula is C20H27N3O2. The van der Waals surface area contributed by atoms with Gasteiger partial charge in [0.05, 0.1) is 6.54 Å². The number of carbonyl (C=O) groups excluding carboxylic acids is 2. The van der Waals surface area contributed by atoms with Gasteiger partial charge in [-0.1, -0.05) is 19.8 Å². The minimum Gasteiger partial charge on any atom is -0.347 e. The van der Waals surface area contributed by atoms with Crippen molar-refractivity contribution in [1.29, 1.82) is 0 Å². The quantitative estimate of drug-likeness (QED) is 0.900. The summed E-state index contributed by atoms with van der Waals surface area (Å²) in [7, 11) is 0. The van der Waals surface area contributed by atoms with Crippen LogP contribution in [0.4, 0.5) is 5.69 Å². The summed E-state index contributed by atoms with van der Waals surface area (Å²) in [5.41, 5.74) is 1.96. The van der Waals surface area contributed by atoms with Crippen LogP contribution in [0.25, 0.3) is 10.9 Å². The summed E-state index contributed by atoms with van der Waals surface area (Å²) in [4.78, 5) is 26.2. The fourth-order valence-electron chi connectivity index (χ4n) is 3.47. The van der Waals surface area contributed by atoms with E-state index in [0.717, 1.165) is 49.7 Å². The van der Waals surface area contributed by atoms with E-state index in [2.05, 4.69) is 29.1 Å². The molecule has 1 aromatic heterocycles. The van der Waals surface area contributed by atoms with Crippen LogP contribution in [0.3, 0.4) is 0 Å². The Morgan fingerprint density at radius 1 is 1.16 bits per heavy atom. The van der Waals surface area contributed by atoms with Gasteiger partial charge < -0.3 is 14.8 Å². The lowest BCUT2D eigenvalue weighted by Crippen LogP contribution is -2.39. The molecule has 0 spiro atoms. The monoisotopic (exact) mass is 341 g/mol. The maximum Gasteiger partial charge on any atom is 0.243 e. The van der Waals surface area contributed by atoms with Gasteiger partial charge in [0.15, 0.2) is 0 Å². The molecule has 0 aliphatic carbocycles. The summed E-state index contributed by atoms with van der Waals surface area (Å²) in [5.74, 6) is -0.0248. The maximum atomic E-state index is 12.4. The van der Waals surface area contributed by atoms with Crippen LogP contribution in [0.1, 0.15) is 45.4 Å². The lowest BCUT2D eigenvalue weighted by atomic mass is 10.1. The van der Waals surface area contributed by atoms with Crippen molar-refractivity contribution in [3.05, 3.63) is 30.5 Å². The Hall–Kier alpha value is -2.30. The van der Waals surface area contributed by atoms with Crippen molar-refractivity contribution in [2.75, 3.05) is 18.4 Å². The van der Waals surface area contributed by atoms with Crippen LogP contribution < -0.4 is 5.32 Å². The zero-order valence-corrected chi connectivity index (χ0v) is 15.0. The predicted octanol–water partition coefficient (Wildman–Crippen LogP) is 3.78. The molecule has 3 rings (SSSR count).